The summed E-state index contributed by atoms with van der Waals surface area (Å²) in [7, 11) is 1.65. The number of nitrogens with one attached hydrogen (secondary N) is 1. The van der Waals surface area contributed by atoms with Crippen molar-refractivity contribution in [1.82, 2.24) is 24.7 Å². The highest BCUT2D eigenvalue weighted by Gasteiger charge is 2.19. The number of carbonyl (C=O) groups excluding carboxylic acids is 1. The van der Waals surface area contributed by atoms with Gasteiger partial charge < -0.3 is 9.84 Å². The zero-order chi connectivity index (χ0) is 18.7. The van der Waals surface area contributed by atoms with Crippen molar-refractivity contribution in [1.29, 1.82) is 0 Å². The van der Waals surface area contributed by atoms with E-state index in [1.165, 1.54) is 23.3 Å². The van der Waals surface area contributed by atoms with Crippen LogP contribution >= 0.6 is 11.6 Å². The molecule has 0 aliphatic carbocycles. The molecule has 0 aromatic carbocycles. The van der Waals surface area contributed by atoms with Crippen LogP contribution in [0.5, 0.6) is 5.75 Å². The number of nitrogens with zero attached hydrogens (tertiary/aromatic N) is 5. The van der Waals surface area contributed by atoms with Crippen molar-refractivity contribution in [3.63, 3.8) is 0 Å². The summed E-state index contributed by atoms with van der Waals surface area (Å²) in [5.74, 6) is 0.591. The van der Waals surface area contributed by atoms with Crippen LogP contribution in [0, 0.1) is 0 Å². The highest BCUT2D eigenvalue weighted by atomic mass is 35.5. The number of halogens is 1. The second kappa shape index (κ2) is 7.36. The standard InChI is InChI=1S/C16H15ClN6O3/c1-9(11-4-3-5-18-13(11)17)26-16(25)22-15-12(8-21-23(15)2)14-19-6-10(24)7-20-14/h3-9,24H,1-2H3,(H,22,25). The van der Waals surface area contributed by atoms with Gasteiger partial charge in [0.2, 0.25) is 0 Å². The molecule has 0 aliphatic heterocycles. The van der Waals surface area contributed by atoms with Gasteiger partial charge in [-0.3, -0.25) is 10.00 Å². The maximum Gasteiger partial charge on any atom is 0.413 e. The van der Waals surface area contributed by atoms with Gasteiger partial charge in [0.25, 0.3) is 0 Å². The molecule has 2 N–H and O–H groups in total. The first-order valence-electron chi connectivity index (χ1n) is 7.57. The summed E-state index contributed by atoms with van der Waals surface area (Å²) in [5, 5.41) is 16.3. The van der Waals surface area contributed by atoms with Crippen LogP contribution in [0.15, 0.2) is 36.9 Å². The van der Waals surface area contributed by atoms with Crippen LogP contribution in [-0.4, -0.2) is 35.9 Å². The fourth-order valence-corrected chi connectivity index (χ4v) is 2.53. The topological polar surface area (TPSA) is 115 Å². The molecule has 10 heteroatoms. The highest BCUT2D eigenvalue weighted by molar-refractivity contribution is 6.30. The molecule has 134 valence electrons. The van der Waals surface area contributed by atoms with Gasteiger partial charge in [0.1, 0.15) is 17.1 Å². The summed E-state index contributed by atoms with van der Waals surface area (Å²) in [6, 6.07) is 3.44. The van der Waals surface area contributed by atoms with Gasteiger partial charge in [-0.05, 0) is 13.0 Å². The van der Waals surface area contributed by atoms with Crippen molar-refractivity contribution in [2.24, 2.45) is 7.05 Å². The van der Waals surface area contributed by atoms with Crippen LogP contribution in [0.2, 0.25) is 5.15 Å². The minimum absolute atomic E-state index is 0.0614. The molecule has 0 fully saturated rings. The van der Waals surface area contributed by atoms with Crippen LogP contribution in [0.4, 0.5) is 10.6 Å². The van der Waals surface area contributed by atoms with Crippen molar-refractivity contribution in [2.45, 2.75) is 13.0 Å². The van der Waals surface area contributed by atoms with Gasteiger partial charge in [0.05, 0.1) is 24.2 Å². The molecule has 3 heterocycles. The number of aromatic nitrogens is 5. The van der Waals surface area contributed by atoms with E-state index in [4.69, 9.17) is 16.3 Å². The van der Waals surface area contributed by atoms with E-state index in [0.717, 1.165) is 0 Å². The van der Waals surface area contributed by atoms with Crippen LogP contribution in [0.3, 0.4) is 0 Å². The second-order valence-electron chi connectivity index (χ2n) is 5.35. The number of carbonyl (C=O) groups is 1. The van der Waals surface area contributed by atoms with Crippen molar-refractivity contribution in [2.75, 3.05) is 5.32 Å². The number of aryl methyl sites for hydroxylation is 1. The number of aromatic hydroxyl groups is 1. The Hall–Kier alpha value is -3.20. The molecule has 0 bridgehead atoms. The Morgan fingerprint density at radius 2 is 2.04 bits per heavy atom. The van der Waals surface area contributed by atoms with Crippen LogP contribution < -0.4 is 5.32 Å². The van der Waals surface area contributed by atoms with E-state index >= 15 is 0 Å². The third-order valence-corrected chi connectivity index (χ3v) is 3.86. The van der Waals surface area contributed by atoms with Crippen LogP contribution in [0.25, 0.3) is 11.4 Å². The molecular formula is C16H15ClN6O3. The molecule has 0 saturated heterocycles. The van der Waals surface area contributed by atoms with Crippen LogP contribution in [0.1, 0.15) is 18.6 Å². The summed E-state index contributed by atoms with van der Waals surface area (Å²) >= 11 is 6.01. The summed E-state index contributed by atoms with van der Waals surface area (Å²) in [4.78, 5) is 24.3. The van der Waals surface area contributed by atoms with Gasteiger partial charge in [0.15, 0.2) is 11.6 Å². The number of ether oxygens (including phenoxy) is 1. The highest BCUT2D eigenvalue weighted by Crippen LogP contribution is 2.27. The zero-order valence-corrected chi connectivity index (χ0v) is 14.7. The predicted octanol–water partition coefficient (Wildman–Crippen LogP) is 2.94. The normalized spacial score (nSPS) is 11.8. The van der Waals surface area contributed by atoms with Crippen molar-refractivity contribution >= 4 is 23.5 Å². The Kier molecular flexibility index (Phi) is 4.99. The molecule has 1 atom stereocenters. The second-order valence-corrected chi connectivity index (χ2v) is 5.71. The Labute approximate surface area is 153 Å². The molecule has 3 aromatic rings. The number of rotatable bonds is 4. The Bertz CT molecular complexity index is 928. The fourth-order valence-electron chi connectivity index (χ4n) is 2.26. The molecule has 9 nitrogen and oxygen atoms in total. The summed E-state index contributed by atoms with van der Waals surface area (Å²) < 4.78 is 6.81. The van der Waals surface area contributed by atoms with E-state index in [0.29, 0.717) is 22.8 Å². The third-order valence-electron chi connectivity index (χ3n) is 3.55. The van der Waals surface area contributed by atoms with E-state index in [1.54, 1.807) is 32.3 Å². The van der Waals surface area contributed by atoms with E-state index in [2.05, 4.69) is 25.4 Å². The number of amides is 1. The Morgan fingerprint density at radius 1 is 1.31 bits per heavy atom. The fraction of sp³-hybridized carbons (Fsp3) is 0.188. The first-order valence-corrected chi connectivity index (χ1v) is 7.95. The number of pyridine rings is 1. The van der Waals surface area contributed by atoms with E-state index in [1.807, 2.05) is 0 Å². The maximum atomic E-state index is 12.3. The first kappa shape index (κ1) is 17.6. The van der Waals surface area contributed by atoms with Crippen molar-refractivity contribution in [3.8, 4) is 17.1 Å². The van der Waals surface area contributed by atoms with E-state index in [9.17, 15) is 9.90 Å². The molecule has 3 aromatic heterocycles. The molecule has 0 spiro atoms. The monoisotopic (exact) mass is 374 g/mol. The van der Waals surface area contributed by atoms with Gasteiger partial charge >= 0.3 is 6.09 Å². The lowest BCUT2D eigenvalue weighted by atomic mass is 10.2. The minimum Gasteiger partial charge on any atom is -0.505 e. The van der Waals surface area contributed by atoms with Gasteiger partial charge in [-0.25, -0.2) is 19.7 Å². The summed E-state index contributed by atoms with van der Waals surface area (Å²) in [6.07, 6.45) is 4.27. The van der Waals surface area contributed by atoms with Crippen molar-refractivity contribution in [3.05, 3.63) is 47.6 Å². The minimum atomic E-state index is -0.693. The number of hydrogen-bond donors (Lipinski definition) is 2. The molecular weight excluding hydrogens is 360 g/mol. The lowest BCUT2D eigenvalue weighted by Crippen LogP contribution is -2.18. The van der Waals surface area contributed by atoms with E-state index in [-0.39, 0.29) is 10.9 Å². The molecule has 0 aliphatic rings. The van der Waals surface area contributed by atoms with Gasteiger partial charge in [-0.2, -0.15) is 5.10 Å². The van der Waals surface area contributed by atoms with Gasteiger partial charge in [-0.1, -0.05) is 17.7 Å². The molecule has 1 amide bonds. The lowest BCUT2D eigenvalue weighted by molar-refractivity contribution is 0.121. The molecule has 3 rings (SSSR count). The number of hydrogen-bond acceptors (Lipinski definition) is 7. The summed E-state index contributed by atoms with van der Waals surface area (Å²) in [6.45, 7) is 1.69. The molecule has 0 saturated carbocycles. The summed E-state index contributed by atoms with van der Waals surface area (Å²) in [5.41, 5.74) is 1.08. The molecule has 1 unspecified atom stereocenters. The number of anilines is 1. The Morgan fingerprint density at radius 3 is 2.73 bits per heavy atom. The average molecular weight is 375 g/mol. The smallest absolute Gasteiger partial charge is 0.413 e. The van der Waals surface area contributed by atoms with Gasteiger partial charge in [-0.15, -0.1) is 0 Å². The molecule has 0 radical (unpaired) electrons. The van der Waals surface area contributed by atoms with Gasteiger partial charge in [0, 0.05) is 18.8 Å². The van der Waals surface area contributed by atoms with Crippen molar-refractivity contribution < 1.29 is 14.6 Å². The third kappa shape index (κ3) is 3.72. The maximum absolute atomic E-state index is 12.3. The SMILES string of the molecule is CC(OC(=O)Nc1c(-c2ncc(O)cn2)cnn1C)c1cccnc1Cl. The average Bonchev–Trinajstić information content (AvgIpc) is 2.96. The van der Waals surface area contributed by atoms with Crippen LogP contribution in [-0.2, 0) is 11.8 Å². The quantitative estimate of drug-likeness (QED) is 0.674. The largest absolute Gasteiger partial charge is 0.505 e. The van der Waals surface area contributed by atoms with E-state index < -0.39 is 12.2 Å². The lowest BCUT2D eigenvalue weighted by Gasteiger charge is -2.15. The predicted molar refractivity (Wildman–Crippen MR) is 93.7 cm³/mol. The zero-order valence-electron chi connectivity index (χ0n) is 13.9. The Balaban J connectivity index is 1.77. The first-order chi connectivity index (χ1) is 12.5. The molecule has 26 heavy (non-hydrogen) atoms.